The predicted molar refractivity (Wildman–Crippen MR) is 60.7 cm³/mol. The van der Waals surface area contributed by atoms with Crippen LogP contribution in [0.2, 0.25) is 0 Å². The maximum absolute atomic E-state index is 10.9. The molecule has 2 aromatic rings. The van der Waals surface area contributed by atoms with Gasteiger partial charge in [0.2, 0.25) is 5.91 Å². The van der Waals surface area contributed by atoms with Gasteiger partial charge in [0.25, 0.3) is 0 Å². The molecule has 0 radical (unpaired) electrons. The molecule has 1 aromatic carbocycles. The van der Waals surface area contributed by atoms with Crippen LogP contribution in [0.25, 0.3) is 11.3 Å². The van der Waals surface area contributed by atoms with Gasteiger partial charge in [0.05, 0.1) is 11.4 Å². The Hall–Kier alpha value is -2.23. The van der Waals surface area contributed by atoms with Gasteiger partial charge in [-0.2, -0.15) is 0 Å². The van der Waals surface area contributed by atoms with Gasteiger partial charge in [-0.05, 0) is 19.1 Å². The van der Waals surface area contributed by atoms with Gasteiger partial charge in [-0.3, -0.25) is 14.8 Å². The summed E-state index contributed by atoms with van der Waals surface area (Å²) in [6.45, 7) is 1.89. The summed E-state index contributed by atoms with van der Waals surface area (Å²) in [5.41, 5.74) is 8.26. The third-order valence-corrected chi connectivity index (χ3v) is 2.32. The van der Waals surface area contributed by atoms with E-state index in [0.717, 1.165) is 17.0 Å². The average molecular weight is 213 g/mol. The van der Waals surface area contributed by atoms with Gasteiger partial charge in [-0.25, -0.2) is 0 Å². The molecule has 1 amide bonds. The molecule has 2 N–H and O–H groups in total. The van der Waals surface area contributed by atoms with Crippen LogP contribution in [-0.2, 0) is 0 Å². The number of carbonyl (C=O) groups is 1. The fourth-order valence-corrected chi connectivity index (χ4v) is 1.48. The lowest BCUT2D eigenvalue weighted by Gasteiger charge is -2.03. The summed E-state index contributed by atoms with van der Waals surface area (Å²) in [6, 6.07) is 7.01. The van der Waals surface area contributed by atoms with Crippen LogP contribution >= 0.6 is 0 Å². The molecule has 1 aromatic heterocycles. The lowest BCUT2D eigenvalue weighted by molar-refractivity contribution is 0.100. The van der Waals surface area contributed by atoms with Gasteiger partial charge in [0, 0.05) is 23.5 Å². The van der Waals surface area contributed by atoms with E-state index >= 15 is 0 Å². The van der Waals surface area contributed by atoms with E-state index in [1.807, 2.05) is 19.1 Å². The van der Waals surface area contributed by atoms with Crippen LogP contribution in [0.15, 0.2) is 36.7 Å². The minimum atomic E-state index is -0.428. The second-order valence-corrected chi connectivity index (χ2v) is 3.43. The number of nitrogens with zero attached hydrogens (tertiary/aromatic N) is 2. The third-order valence-electron chi connectivity index (χ3n) is 2.32. The number of primary amides is 1. The Morgan fingerprint density at radius 1 is 1.12 bits per heavy atom. The van der Waals surface area contributed by atoms with Crippen LogP contribution in [0.5, 0.6) is 0 Å². The SMILES string of the molecule is Cc1nccnc1-c1ccc(C(N)=O)cc1. The van der Waals surface area contributed by atoms with E-state index in [0.29, 0.717) is 5.56 Å². The Balaban J connectivity index is 2.43. The van der Waals surface area contributed by atoms with E-state index in [1.165, 1.54) is 0 Å². The summed E-state index contributed by atoms with van der Waals surface area (Å²) >= 11 is 0. The number of rotatable bonds is 2. The number of benzene rings is 1. The zero-order valence-electron chi connectivity index (χ0n) is 8.84. The molecule has 80 valence electrons. The molecule has 4 nitrogen and oxygen atoms in total. The summed E-state index contributed by atoms with van der Waals surface area (Å²) in [6.07, 6.45) is 3.29. The molecule has 0 aliphatic heterocycles. The van der Waals surface area contributed by atoms with Crippen LogP contribution < -0.4 is 5.73 Å². The number of hydrogen-bond acceptors (Lipinski definition) is 3. The lowest BCUT2D eigenvalue weighted by atomic mass is 10.1. The minimum Gasteiger partial charge on any atom is -0.366 e. The normalized spacial score (nSPS) is 10.1. The van der Waals surface area contributed by atoms with Crippen LogP contribution in [-0.4, -0.2) is 15.9 Å². The van der Waals surface area contributed by atoms with Crippen LogP contribution in [0.4, 0.5) is 0 Å². The van der Waals surface area contributed by atoms with E-state index < -0.39 is 5.91 Å². The predicted octanol–water partition coefficient (Wildman–Crippen LogP) is 1.55. The third kappa shape index (κ3) is 1.91. The zero-order valence-corrected chi connectivity index (χ0v) is 8.84. The quantitative estimate of drug-likeness (QED) is 0.822. The molecule has 16 heavy (non-hydrogen) atoms. The monoisotopic (exact) mass is 213 g/mol. The van der Waals surface area contributed by atoms with Crippen LogP contribution in [0.3, 0.4) is 0 Å². The molecule has 0 aliphatic carbocycles. The molecule has 0 aliphatic rings. The Morgan fingerprint density at radius 2 is 1.75 bits per heavy atom. The summed E-state index contributed by atoms with van der Waals surface area (Å²) in [7, 11) is 0. The standard InChI is InChI=1S/C12H11N3O/c1-8-11(15-7-6-14-8)9-2-4-10(5-3-9)12(13)16/h2-7H,1H3,(H2,13,16). The molecular formula is C12H11N3O. The van der Waals surface area contributed by atoms with Gasteiger partial charge < -0.3 is 5.73 Å². The van der Waals surface area contributed by atoms with Crippen molar-refractivity contribution in [2.75, 3.05) is 0 Å². The number of aromatic nitrogens is 2. The highest BCUT2D eigenvalue weighted by Crippen LogP contribution is 2.19. The summed E-state index contributed by atoms with van der Waals surface area (Å²) < 4.78 is 0. The van der Waals surface area contributed by atoms with Gasteiger partial charge in [0.15, 0.2) is 0 Å². The molecule has 0 fully saturated rings. The topological polar surface area (TPSA) is 68.9 Å². The molecule has 0 bridgehead atoms. The van der Waals surface area contributed by atoms with E-state index in [1.54, 1.807) is 24.5 Å². The molecule has 0 saturated heterocycles. The fourth-order valence-electron chi connectivity index (χ4n) is 1.48. The van der Waals surface area contributed by atoms with Gasteiger partial charge in [-0.1, -0.05) is 12.1 Å². The average Bonchev–Trinajstić information content (AvgIpc) is 2.30. The van der Waals surface area contributed by atoms with Crippen molar-refractivity contribution in [1.29, 1.82) is 0 Å². The molecule has 0 saturated carbocycles. The van der Waals surface area contributed by atoms with E-state index in [9.17, 15) is 4.79 Å². The number of carbonyl (C=O) groups excluding carboxylic acids is 1. The maximum atomic E-state index is 10.9. The Bertz CT molecular complexity index is 520. The lowest BCUT2D eigenvalue weighted by Crippen LogP contribution is -2.10. The van der Waals surface area contributed by atoms with Crippen LogP contribution in [0.1, 0.15) is 16.1 Å². The first-order valence-corrected chi connectivity index (χ1v) is 4.86. The number of hydrogen-bond donors (Lipinski definition) is 1. The van der Waals surface area contributed by atoms with Crippen molar-refractivity contribution < 1.29 is 4.79 Å². The highest BCUT2D eigenvalue weighted by molar-refractivity contribution is 5.93. The fraction of sp³-hybridized carbons (Fsp3) is 0.0833. The van der Waals surface area contributed by atoms with Crippen molar-refractivity contribution in [2.45, 2.75) is 6.92 Å². The number of amides is 1. The second kappa shape index (κ2) is 4.10. The highest BCUT2D eigenvalue weighted by Gasteiger charge is 2.05. The molecular weight excluding hydrogens is 202 g/mol. The first kappa shape index (κ1) is 10.3. The van der Waals surface area contributed by atoms with Crippen molar-refractivity contribution in [3.8, 4) is 11.3 Å². The Morgan fingerprint density at radius 3 is 2.31 bits per heavy atom. The van der Waals surface area contributed by atoms with E-state index in [-0.39, 0.29) is 0 Å². The van der Waals surface area contributed by atoms with Crippen molar-refractivity contribution in [3.05, 3.63) is 47.9 Å². The van der Waals surface area contributed by atoms with Gasteiger partial charge in [-0.15, -0.1) is 0 Å². The summed E-state index contributed by atoms with van der Waals surface area (Å²) in [4.78, 5) is 19.3. The molecule has 4 heteroatoms. The van der Waals surface area contributed by atoms with Gasteiger partial charge >= 0.3 is 0 Å². The molecule has 0 unspecified atom stereocenters. The second-order valence-electron chi connectivity index (χ2n) is 3.43. The van der Waals surface area contributed by atoms with Crippen molar-refractivity contribution in [3.63, 3.8) is 0 Å². The Kier molecular flexibility index (Phi) is 2.64. The van der Waals surface area contributed by atoms with Crippen molar-refractivity contribution in [2.24, 2.45) is 5.73 Å². The summed E-state index contributed by atoms with van der Waals surface area (Å²) in [5.74, 6) is -0.428. The molecule has 0 atom stereocenters. The largest absolute Gasteiger partial charge is 0.366 e. The first-order chi connectivity index (χ1) is 7.68. The van der Waals surface area contributed by atoms with Crippen molar-refractivity contribution in [1.82, 2.24) is 9.97 Å². The van der Waals surface area contributed by atoms with Gasteiger partial charge in [0.1, 0.15) is 0 Å². The first-order valence-electron chi connectivity index (χ1n) is 4.86. The summed E-state index contributed by atoms with van der Waals surface area (Å²) in [5, 5.41) is 0. The molecule has 0 spiro atoms. The zero-order chi connectivity index (χ0) is 11.5. The molecule has 1 heterocycles. The molecule has 2 rings (SSSR count). The van der Waals surface area contributed by atoms with E-state index in [2.05, 4.69) is 9.97 Å². The number of aryl methyl sites for hydroxylation is 1. The Labute approximate surface area is 93.2 Å². The smallest absolute Gasteiger partial charge is 0.248 e. The van der Waals surface area contributed by atoms with E-state index in [4.69, 9.17) is 5.73 Å². The van der Waals surface area contributed by atoms with Crippen LogP contribution in [0, 0.1) is 6.92 Å². The maximum Gasteiger partial charge on any atom is 0.248 e. The minimum absolute atomic E-state index is 0.428. The number of nitrogens with two attached hydrogens (primary N) is 1. The van der Waals surface area contributed by atoms with Crippen molar-refractivity contribution >= 4 is 5.91 Å². The highest BCUT2D eigenvalue weighted by atomic mass is 16.1.